The third-order valence-corrected chi connectivity index (χ3v) is 9.61. The lowest BCUT2D eigenvalue weighted by Crippen LogP contribution is -2.71. The standard InChI is InChI=1S/C27H22N10O7S3/c1-36-21(33-34-35-36)19(45)14-9-47-25-16(24(42)37(25)17(14)26(43)44)31-23(41)15(10-4-3-5-11(38)6-10)30-22(40)13-8-28-20-12(18(13)39)7-29-27(32-20)46-2/h3-8,15-16,25,38H,9H2,1-2H3,(H,30,40)(H,31,41)(H,43,44)(H,28,29,32,39)/t15?,16?,25-/m0/s1. The molecule has 2 unspecified atom stereocenters. The van der Waals surface area contributed by atoms with Crippen molar-refractivity contribution >= 4 is 75.3 Å². The summed E-state index contributed by atoms with van der Waals surface area (Å²) >= 11 is 7.90. The third-order valence-electron chi connectivity index (χ3n) is 7.34. The van der Waals surface area contributed by atoms with Crippen LogP contribution in [0.2, 0.25) is 0 Å². The number of nitrogens with one attached hydrogen (secondary N) is 3. The van der Waals surface area contributed by atoms with Crippen molar-refractivity contribution in [2.75, 3.05) is 12.0 Å². The number of thiocarbonyl (C=S) groups is 1. The fourth-order valence-corrected chi connectivity index (χ4v) is 7.19. The van der Waals surface area contributed by atoms with Gasteiger partial charge in [-0.2, -0.15) is 0 Å². The molecule has 0 radical (unpaired) electrons. The molecule has 3 aromatic heterocycles. The van der Waals surface area contributed by atoms with Crippen molar-refractivity contribution in [1.29, 1.82) is 0 Å². The van der Waals surface area contributed by atoms with E-state index in [1.54, 1.807) is 6.26 Å². The number of aromatic nitrogens is 7. The van der Waals surface area contributed by atoms with Crippen molar-refractivity contribution in [3.05, 3.63) is 75.1 Å². The van der Waals surface area contributed by atoms with E-state index in [9.17, 15) is 34.2 Å². The van der Waals surface area contributed by atoms with Gasteiger partial charge in [0, 0.05) is 30.8 Å². The van der Waals surface area contributed by atoms with Gasteiger partial charge in [-0.15, -0.1) is 16.9 Å². The average molecular weight is 695 g/mol. The number of carbonyl (C=O) groups is 4. The second-order valence-corrected chi connectivity index (χ2v) is 12.4. The fourth-order valence-electron chi connectivity index (χ4n) is 5.06. The summed E-state index contributed by atoms with van der Waals surface area (Å²) < 4.78 is 1.28. The van der Waals surface area contributed by atoms with Gasteiger partial charge in [-0.3, -0.25) is 24.1 Å². The molecule has 5 heterocycles. The lowest BCUT2D eigenvalue weighted by molar-refractivity contribution is -0.150. The van der Waals surface area contributed by atoms with Gasteiger partial charge < -0.3 is 25.8 Å². The summed E-state index contributed by atoms with van der Waals surface area (Å²) in [5, 5.41) is 36.0. The quantitative estimate of drug-likeness (QED) is 0.0505. The number of phenolic OH excluding ortho intramolecular Hbond substituents is 1. The summed E-state index contributed by atoms with van der Waals surface area (Å²) in [5.41, 5.74) is -0.816. The zero-order valence-electron chi connectivity index (χ0n) is 24.2. The van der Waals surface area contributed by atoms with E-state index in [0.29, 0.717) is 5.16 Å². The molecule has 1 aromatic carbocycles. The molecule has 4 aromatic rings. The van der Waals surface area contributed by atoms with Gasteiger partial charge >= 0.3 is 5.97 Å². The first kappa shape index (κ1) is 31.8. The van der Waals surface area contributed by atoms with Crippen molar-refractivity contribution in [3.63, 3.8) is 0 Å². The van der Waals surface area contributed by atoms with Crippen LogP contribution in [0, 0.1) is 0 Å². The predicted molar refractivity (Wildman–Crippen MR) is 170 cm³/mol. The molecule has 0 spiro atoms. The van der Waals surface area contributed by atoms with Crippen LogP contribution in [-0.2, 0) is 21.4 Å². The first-order valence-electron chi connectivity index (χ1n) is 13.5. The Labute approximate surface area is 277 Å². The maximum absolute atomic E-state index is 13.7. The summed E-state index contributed by atoms with van der Waals surface area (Å²) in [6.07, 6.45) is 4.23. The first-order chi connectivity index (χ1) is 22.5. The highest BCUT2D eigenvalue weighted by Crippen LogP contribution is 2.41. The van der Waals surface area contributed by atoms with E-state index in [-0.39, 0.29) is 55.6 Å². The van der Waals surface area contributed by atoms with Crippen LogP contribution < -0.4 is 16.1 Å². The largest absolute Gasteiger partial charge is 0.508 e. The summed E-state index contributed by atoms with van der Waals surface area (Å²) in [6, 6.07) is 2.89. The number of phenols is 1. The van der Waals surface area contributed by atoms with Crippen molar-refractivity contribution in [2.45, 2.75) is 22.6 Å². The maximum Gasteiger partial charge on any atom is 0.353 e. The molecule has 240 valence electrons. The summed E-state index contributed by atoms with van der Waals surface area (Å²) in [4.78, 5) is 78.2. The van der Waals surface area contributed by atoms with Gasteiger partial charge in [-0.1, -0.05) is 36.1 Å². The number of carbonyl (C=O) groups excluding carboxylic acids is 3. The molecule has 2 aliphatic rings. The van der Waals surface area contributed by atoms with E-state index < -0.39 is 46.6 Å². The molecule has 3 atom stereocenters. The van der Waals surface area contributed by atoms with Gasteiger partial charge in [0.15, 0.2) is 11.0 Å². The number of aromatic hydroxyl groups is 1. The monoisotopic (exact) mass is 694 g/mol. The van der Waals surface area contributed by atoms with Crippen molar-refractivity contribution < 1.29 is 29.4 Å². The topological polar surface area (TPSA) is 238 Å². The molecule has 1 fully saturated rings. The van der Waals surface area contributed by atoms with E-state index in [1.807, 2.05) is 0 Å². The first-order valence-corrected chi connectivity index (χ1v) is 16.2. The Morgan fingerprint density at radius 3 is 2.72 bits per heavy atom. The highest BCUT2D eigenvalue weighted by molar-refractivity contribution is 8.00. The molecule has 17 nitrogen and oxygen atoms in total. The molecular formula is C27H22N10O7S3. The zero-order chi connectivity index (χ0) is 33.6. The van der Waals surface area contributed by atoms with E-state index in [0.717, 1.165) is 4.90 Å². The summed E-state index contributed by atoms with van der Waals surface area (Å²) in [7, 11) is 1.54. The number of β-lactam (4-membered cyclic amide) rings is 1. The lowest BCUT2D eigenvalue weighted by atomic mass is 9.99. The van der Waals surface area contributed by atoms with Crippen LogP contribution >= 0.6 is 35.7 Å². The number of carboxylic acids is 1. The van der Waals surface area contributed by atoms with Gasteiger partial charge in [0.05, 0.1) is 10.3 Å². The summed E-state index contributed by atoms with van der Waals surface area (Å²) in [6.45, 7) is 0. The van der Waals surface area contributed by atoms with Crippen LogP contribution in [0.15, 0.2) is 57.9 Å². The predicted octanol–water partition coefficient (Wildman–Crippen LogP) is -0.103. The Morgan fingerprint density at radius 2 is 2.04 bits per heavy atom. The van der Waals surface area contributed by atoms with Crippen molar-refractivity contribution in [2.24, 2.45) is 7.05 Å². The van der Waals surface area contributed by atoms with Crippen LogP contribution in [-0.4, -0.2) is 102 Å². The number of hydrogen-bond acceptors (Lipinski definition) is 14. The molecule has 20 heteroatoms. The maximum atomic E-state index is 13.7. The van der Waals surface area contributed by atoms with Crippen LogP contribution in [0.1, 0.15) is 27.8 Å². The molecule has 0 saturated carbocycles. The van der Waals surface area contributed by atoms with Gasteiger partial charge in [0.2, 0.25) is 11.3 Å². The molecule has 47 heavy (non-hydrogen) atoms. The van der Waals surface area contributed by atoms with Gasteiger partial charge in [-0.05, 0) is 34.4 Å². The highest BCUT2D eigenvalue weighted by atomic mass is 32.2. The van der Waals surface area contributed by atoms with Crippen LogP contribution in [0.3, 0.4) is 0 Å². The van der Waals surface area contributed by atoms with Gasteiger partial charge in [0.25, 0.3) is 11.8 Å². The Morgan fingerprint density at radius 1 is 1.26 bits per heavy atom. The number of aryl methyl sites for hydroxylation is 1. The van der Waals surface area contributed by atoms with Crippen LogP contribution in [0.4, 0.5) is 0 Å². The third kappa shape index (κ3) is 5.70. The number of nitrogens with zero attached hydrogens (tertiary/aromatic N) is 7. The Bertz CT molecular complexity index is 2100. The number of rotatable bonds is 9. The van der Waals surface area contributed by atoms with E-state index in [1.165, 1.54) is 71.9 Å². The molecule has 6 rings (SSSR count). The number of carboxylic acid groups (broad SMARTS) is 1. The minimum Gasteiger partial charge on any atom is -0.508 e. The fraction of sp³-hybridized carbons (Fsp3) is 0.222. The Balaban J connectivity index is 1.26. The van der Waals surface area contributed by atoms with E-state index in [2.05, 4.69) is 41.1 Å². The number of pyridine rings is 1. The van der Waals surface area contributed by atoms with Crippen LogP contribution in [0.25, 0.3) is 11.0 Å². The molecule has 2 aliphatic heterocycles. The number of hydrogen-bond donors (Lipinski definition) is 5. The van der Waals surface area contributed by atoms with Gasteiger partial charge in [0.1, 0.15) is 40.1 Å². The summed E-state index contributed by atoms with van der Waals surface area (Å²) in [5.74, 6) is -3.87. The number of benzene rings is 1. The molecule has 5 N–H and O–H groups in total. The smallest absolute Gasteiger partial charge is 0.353 e. The number of fused-ring (bicyclic) bond motifs is 2. The molecule has 0 bridgehead atoms. The second kappa shape index (κ2) is 12.5. The number of thioether (sulfide) groups is 2. The Hall–Kier alpha value is -5.21. The van der Waals surface area contributed by atoms with Crippen molar-refractivity contribution in [1.82, 2.24) is 50.7 Å². The minimum atomic E-state index is -1.48. The second-order valence-electron chi connectivity index (χ2n) is 10.1. The zero-order valence-corrected chi connectivity index (χ0v) is 26.6. The van der Waals surface area contributed by atoms with Gasteiger partial charge in [-0.25, -0.2) is 19.4 Å². The minimum absolute atomic E-state index is 0.0554. The van der Waals surface area contributed by atoms with Crippen LogP contribution in [0.5, 0.6) is 5.75 Å². The number of tetrazole rings is 1. The number of aliphatic carboxylic acids is 1. The average Bonchev–Trinajstić information content (AvgIpc) is 3.50. The van der Waals surface area contributed by atoms with E-state index >= 15 is 0 Å². The molecule has 3 amide bonds. The molecule has 0 aliphatic carbocycles. The Kier molecular flexibility index (Phi) is 8.47. The normalized spacial score (nSPS) is 17.9. The molecular weight excluding hydrogens is 673 g/mol. The SMILES string of the molecule is CSc1ncc2c(=O)c(C(=O)NC(C(=O)NC3C(=O)N4C(C(=O)O)=C(C(=S)c5nnnn5C)CS[C@@H]34)c3cccc(O)c3)c[nH]c2n1. The highest BCUT2D eigenvalue weighted by Gasteiger charge is 2.55. The lowest BCUT2D eigenvalue weighted by Gasteiger charge is -2.49. The molecule has 1 saturated heterocycles. The number of aromatic amines is 1. The number of H-pyrrole nitrogens is 1. The van der Waals surface area contributed by atoms with E-state index in [4.69, 9.17) is 12.2 Å². The van der Waals surface area contributed by atoms with Crippen molar-refractivity contribution in [3.8, 4) is 5.75 Å². The number of amides is 3.